The van der Waals surface area contributed by atoms with Gasteiger partial charge in [0.25, 0.3) is 12.1 Å². The average Bonchev–Trinajstić information content (AvgIpc) is 3.55. The van der Waals surface area contributed by atoms with Crippen molar-refractivity contribution in [2.45, 2.75) is 19.3 Å². The first-order valence-electron chi connectivity index (χ1n) is 12.1. The number of nitrogens with one attached hydrogen (secondary N) is 1. The Kier molecular flexibility index (Phi) is 6.99. The number of hydrogen-bond acceptors (Lipinski definition) is 12. The van der Waals surface area contributed by atoms with Crippen molar-refractivity contribution in [1.29, 1.82) is 5.26 Å². The van der Waals surface area contributed by atoms with Gasteiger partial charge >= 0.3 is 5.88 Å². The molecule has 0 unspecified atom stereocenters. The van der Waals surface area contributed by atoms with Gasteiger partial charge in [-0.15, -0.1) is 11.3 Å². The number of thiophene rings is 1. The topological polar surface area (TPSA) is 179 Å². The van der Waals surface area contributed by atoms with E-state index in [1.807, 2.05) is 5.01 Å². The largest absolute Gasteiger partial charge is 0.493 e. The molecule has 3 aromatic heterocycles. The maximum Gasteiger partial charge on any atom is 0.306 e. The predicted molar refractivity (Wildman–Crippen MR) is 145 cm³/mol. The minimum atomic E-state index is -0.509. The minimum Gasteiger partial charge on any atom is -0.493 e. The lowest BCUT2D eigenvalue weighted by molar-refractivity contribution is -0.759. The molecule has 1 aliphatic heterocycles. The van der Waals surface area contributed by atoms with Crippen LogP contribution >= 0.6 is 11.3 Å². The summed E-state index contributed by atoms with van der Waals surface area (Å²) in [4.78, 5) is 19.8. The second-order valence-electron chi connectivity index (χ2n) is 8.75. The molecule has 39 heavy (non-hydrogen) atoms. The normalized spacial score (nSPS) is 13.2. The number of ether oxygens (including phenoxy) is 3. The van der Waals surface area contributed by atoms with Crippen molar-refractivity contribution in [2.24, 2.45) is 0 Å². The standard InChI is InChI=1S/C25H26N8O5S/c1-35-15-9-13(10-16(36-2)21(15)37-3)18-14(11-26)23(28)30-25-19(18)20(27)22(39-25)24(34)29-17-12-33(31-38-17)32-7-5-4-6-8-32/h9-10,12H,4-8H2,1-3H3,(H4-,27,28,29,30,31,34)/p+1. The van der Waals surface area contributed by atoms with Crippen molar-refractivity contribution in [2.75, 3.05) is 56.2 Å². The summed E-state index contributed by atoms with van der Waals surface area (Å²) in [6.07, 6.45) is 4.91. The third-order valence-electron chi connectivity index (χ3n) is 6.49. The number of fused-ring (bicyclic) bond motifs is 1. The number of carbonyl (C=O) groups excluding carboxylic acids is 1. The van der Waals surface area contributed by atoms with Crippen LogP contribution in [0.2, 0.25) is 0 Å². The van der Waals surface area contributed by atoms with Crippen LogP contribution in [0, 0.1) is 11.3 Å². The molecule has 0 atom stereocenters. The Morgan fingerprint density at radius 1 is 1.15 bits per heavy atom. The number of hydrogen-bond donors (Lipinski definition) is 3. The molecule has 0 aliphatic carbocycles. The van der Waals surface area contributed by atoms with Crippen LogP contribution in [0.1, 0.15) is 34.5 Å². The Balaban J connectivity index is 1.58. The fourth-order valence-electron chi connectivity index (χ4n) is 4.64. The van der Waals surface area contributed by atoms with Gasteiger partial charge in [0.1, 0.15) is 27.2 Å². The number of piperidine rings is 1. The number of nitrogen functional groups attached to an aromatic ring is 2. The lowest BCUT2D eigenvalue weighted by Crippen LogP contribution is -2.60. The molecule has 4 heterocycles. The average molecular weight is 552 g/mol. The van der Waals surface area contributed by atoms with Crippen molar-refractivity contribution >= 4 is 44.9 Å². The molecule has 1 aromatic carbocycles. The molecule has 1 aliphatic rings. The summed E-state index contributed by atoms with van der Waals surface area (Å²) in [7, 11) is 4.47. The highest BCUT2D eigenvalue weighted by Gasteiger charge is 2.28. The summed E-state index contributed by atoms with van der Waals surface area (Å²) in [5.41, 5.74) is 13.9. The summed E-state index contributed by atoms with van der Waals surface area (Å²) < 4.78 is 21.7. The minimum absolute atomic E-state index is 0.000215. The van der Waals surface area contributed by atoms with Gasteiger partial charge in [0.15, 0.2) is 11.5 Å². The van der Waals surface area contributed by atoms with E-state index in [2.05, 4.69) is 21.6 Å². The van der Waals surface area contributed by atoms with Crippen LogP contribution in [0.3, 0.4) is 0 Å². The van der Waals surface area contributed by atoms with E-state index in [0.717, 1.165) is 37.3 Å². The van der Waals surface area contributed by atoms with Gasteiger partial charge in [-0.05, 0) is 37.0 Å². The molecular formula is C25H27N8O5S+. The second kappa shape index (κ2) is 10.5. The van der Waals surface area contributed by atoms with Crippen LogP contribution in [-0.2, 0) is 0 Å². The van der Waals surface area contributed by atoms with Crippen LogP contribution in [0.15, 0.2) is 22.9 Å². The van der Waals surface area contributed by atoms with Crippen molar-refractivity contribution in [3.8, 4) is 34.4 Å². The second-order valence-corrected chi connectivity index (χ2v) is 9.75. The molecule has 14 heteroatoms. The van der Waals surface area contributed by atoms with Crippen LogP contribution in [-0.4, -0.2) is 50.6 Å². The Hall–Kier alpha value is -4.77. The number of rotatable bonds is 7. The van der Waals surface area contributed by atoms with Gasteiger partial charge in [-0.1, -0.05) is 0 Å². The van der Waals surface area contributed by atoms with E-state index in [9.17, 15) is 10.1 Å². The monoisotopic (exact) mass is 551 g/mol. The number of methoxy groups -OCH3 is 3. The molecule has 1 saturated heterocycles. The molecule has 4 aromatic rings. The number of nitrogens with two attached hydrogens (primary N) is 2. The number of nitrogens with zero attached hydrogens (tertiary/aromatic N) is 5. The number of nitriles is 1. The molecular weight excluding hydrogens is 524 g/mol. The Labute approximate surface area is 227 Å². The zero-order valence-corrected chi connectivity index (χ0v) is 22.4. The highest BCUT2D eigenvalue weighted by Crippen LogP contribution is 2.47. The zero-order chi connectivity index (χ0) is 27.7. The Bertz CT molecular complexity index is 1580. The van der Waals surface area contributed by atoms with Gasteiger partial charge in [-0.25, -0.2) is 4.98 Å². The van der Waals surface area contributed by atoms with Gasteiger partial charge in [-0.2, -0.15) is 10.3 Å². The highest BCUT2D eigenvalue weighted by molar-refractivity contribution is 7.21. The van der Waals surface area contributed by atoms with E-state index in [0.29, 0.717) is 38.6 Å². The molecule has 1 amide bonds. The number of amides is 1. The first-order valence-corrected chi connectivity index (χ1v) is 12.9. The number of carbonyl (C=O) groups is 1. The number of aromatic nitrogens is 3. The molecule has 13 nitrogen and oxygen atoms in total. The molecule has 5 rings (SSSR count). The number of pyridine rings is 1. The van der Waals surface area contributed by atoms with Gasteiger partial charge in [0.05, 0.1) is 44.9 Å². The third-order valence-corrected chi connectivity index (χ3v) is 7.59. The summed E-state index contributed by atoms with van der Waals surface area (Å²) >= 11 is 1.05. The molecule has 202 valence electrons. The first kappa shape index (κ1) is 25.9. The summed E-state index contributed by atoms with van der Waals surface area (Å²) in [5.74, 6) is 0.784. The van der Waals surface area contributed by atoms with Crippen LogP contribution in [0.5, 0.6) is 17.2 Å². The van der Waals surface area contributed by atoms with E-state index in [-0.39, 0.29) is 27.8 Å². The van der Waals surface area contributed by atoms with E-state index in [1.54, 1.807) is 23.1 Å². The highest BCUT2D eigenvalue weighted by atomic mass is 32.1. The lowest BCUT2D eigenvalue weighted by atomic mass is 9.96. The van der Waals surface area contributed by atoms with Crippen molar-refractivity contribution in [3.05, 3.63) is 28.8 Å². The number of anilines is 3. The summed E-state index contributed by atoms with van der Waals surface area (Å²) in [6, 6.07) is 5.48. The molecule has 1 fully saturated rings. The molecule has 0 bridgehead atoms. The summed E-state index contributed by atoms with van der Waals surface area (Å²) in [6.45, 7) is 1.71. The summed E-state index contributed by atoms with van der Waals surface area (Å²) in [5, 5.41) is 19.2. The van der Waals surface area contributed by atoms with Crippen LogP contribution in [0.25, 0.3) is 21.3 Å². The predicted octanol–water partition coefficient (Wildman–Crippen LogP) is 2.67. The van der Waals surface area contributed by atoms with E-state index < -0.39 is 5.91 Å². The lowest BCUT2D eigenvalue weighted by Gasteiger charge is -2.17. The third kappa shape index (κ3) is 4.57. The van der Waals surface area contributed by atoms with Crippen LogP contribution < -0.4 is 40.8 Å². The number of benzene rings is 1. The maximum absolute atomic E-state index is 13.3. The van der Waals surface area contributed by atoms with Gasteiger partial charge in [-0.3, -0.25) is 14.6 Å². The van der Waals surface area contributed by atoms with Gasteiger partial charge < -0.3 is 25.7 Å². The van der Waals surface area contributed by atoms with Crippen molar-refractivity contribution < 1.29 is 28.3 Å². The van der Waals surface area contributed by atoms with Gasteiger partial charge in [0.2, 0.25) is 11.0 Å². The fraction of sp³-hybridized carbons (Fsp3) is 0.320. The quantitative estimate of drug-likeness (QED) is 0.288. The van der Waals surface area contributed by atoms with Gasteiger partial charge in [0, 0.05) is 10.9 Å². The molecule has 0 saturated carbocycles. The maximum atomic E-state index is 13.3. The smallest absolute Gasteiger partial charge is 0.306 e. The van der Waals surface area contributed by atoms with Crippen molar-refractivity contribution in [3.63, 3.8) is 0 Å². The van der Waals surface area contributed by atoms with Crippen LogP contribution in [0.4, 0.5) is 17.4 Å². The fourth-order valence-corrected chi connectivity index (χ4v) is 5.65. The SMILES string of the molecule is COc1cc(-c2c(C#N)c(N)nc3sc(C(=O)Nc4c[n+](N5CCCCC5)no4)c(N)c23)cc(OC)c1OC. The Morgan fingerprint density at radius 3 is 2.46 bits per heavy atom. The Morgan fingerprint density at radius 2 is 1.85 bits per heavy atom. The molecule has 0 radical (unpaired) electrons. The zero-order valence-electron chi connectivity index (χ0n) is 21.6. The van der Waals surface area contributed by atoms with E-state index in [4.69, 9.17) is 30.2 Å². The van der Waals surface area contributed by atoms with Crippen molar-refractivity contribution in [1.82, 2.24) is 10.3 Å². The molecule has 0 spiro atoms. The molecule has 5 N–H and O–H groups in total. The van der Waals surface area contributed by atoms with E-state index >= 15 is 0 Å². The first-order chi connectivity index (χ1) is 18.9. The van der Waals surface area contributed by atoms with E-state index in [1.165, 1.54) is 27.8 Å².